The van der Waals surface area contributed by atoms with Crippen LogP contribution < -0.4 is 15.5 Å². The second kappa shape index (κ2) is 8.01. The highest BCUT2D eigenvalue weighted by Crippen LogP contribution is 2.35. The number of ether oxygens (including phenoxy) is 1. The molecule has 138 valence electrons. The van der Waals surface area contributed by atoms with E-state index in [1.165, 1.54) is 6.07 Å². The van der Waals surface area contributed by atoms with Crippen molar-refractivity contribution in [1.29, 1.82) is 0 Å². The summed E-state index contributed by atoms with van der Waals surface area (Å²) in [6.45, 7) is 5.50. The smallest absolute Gasteiger partial charge is 0.378 e. The summed E-state index contributed by atoms with van der Waals surface area (Å²) < 4.78 is 44.4. The minimum Gasteiger partial charge on any atom is -0.378 e. The zero-order valence-electron chi connectivity index (χ0n) is 13.9. The van der Waals surface area contributed by atoms with Gasteiger partial charge in [-0.05, 0) is 30.4 Å². The summed E-state index contributed by atoms with van der Waals surface area (Å²) in [7, 11) is 0. The van der Waals surface area contributed by atoms with E-state index in [-0.39, 0.29) is 22.6 Å². The van der Waals surface area contributed by atoms with E-state index >= 15 is 0 Å². The molecule has 0 aliphatic carbocycles. The van der Waals surface area contributed by atoms with Gasteiger partial charge >= 0.3 is 6.18 Å². The van der Waals surface area contributed by atoms with Crippen LogP contribution in [-0.2, 0) is 15.7 Å². The van der Waals surface area contributed by atoms with Gasteiger partial charge in [-0.1, -0.05) is 13.8 Å². The molecule has 25 heavy (non-hydrogen) atoms. The number of amides is 1. The maximum absolute atomic E-state index is 13.0. The van der Waals surface area contributed by atoms with Gasteiger partial charge in [-0.2, -0.15) is 13.2 Å². The minimum absolute atomic E-state index is 0.0347. The molecule has 0 saturated carbocycles. The van der Waals surface area contributed by atoms with Gasteiger partial charge in [0.25, 0.3) is 0 Å². The highest BCUT2D eigenvalue weighted by atomic mass is 32.1. The summed E-state index contributed by atoms with van der Waals surface area (Å²) in [5.41, 5.74) is -0.00628. The van der Waals surface area contributed by atoms with E-state index < -0.39 is 11.7 Å². The zero-order valence-corrected chi connectivity index (χ0v) is 14.8. The largest absolute Gasteiger partial charge is 0.416 e. The monoisotopic (exact) mass is 375 g/mol. The first-order valence-corrected chi connectivity index (χ1v) is 8.25. The highest BCUT2D eigenvalue weighted by molar-refractivity contribution is 7.80. The van der Waals surface area contributed by atoms with Crippen molar-refractivity contribution in [1.82, 2.24) is 5.32 Å². The van der Waals surface area contributed by atoms with Crippen molar-refractivity contribution in [3.05, 3.63) is 23.8 Å². The number of carbonyl (C=O) groups excluding carboxylic acids is 1. The van der Waals surface area contributed by atoms with Crippen molar-refractivity contribution in [3.8, 4) is 0 Å². The number of carbonyl (C=O) groups is 1. The molecule has 9 heteroatoms. The fourth-order valence-corrected chi connectivity index (χ4v) is 2.51. The molecule has 0 aromatic heterocycles. The molecule has 0 unspecified atom stereocenters. The van der Waals surface area contributed by atoms with E-state index in [2.05, 4.69) is 10.6 Å². The summed E-state index contributed by atoms with van der Waals surface area (Å²) >= 11 is 5.06. The molecule has 1 heterocycles. The summed E-state index contributed by atoms with van der Waals surface area (Å²) in [6.07, 6.45) is -4.47. The zero-order chi connectivity index (χ0) is 18.6. The standard InChI is InChI=1S/C16H20F3N3O2S/c1-10(2)14(23)21-15(25)20-12-9-11(16(17,18)19)3-4-13(12)22-5-7-24-8-6-22/h3-4,9-10H,5-8H2,1-2H3,(H2,20,21,23,25). The van der Waals surface area contributed by atoms with Gasteiger partial charge in [-0.3, -0.25) is 4.79 Å². The number of halogens is 3. The van der Waals surface area contributed by atoms with E-state index in [4.69, 9.17) is 17.0 Å². The van der Waals surface area contributed by atoms with Crippen LogP contribution in [0.5, 0.6) is 0 Å². The third-order valence-corrected chi connectivity index (χ3v) is 3.89. The SMILES string of the molecule is CC(C)C(=O)NC(=S)Nc1cc(C(F)(F)F)ccc1N1CCOCC1. The van der Waals surface area contributed by atoms with Gasteiger partial charge in [-0.25, -0.2) is 0 Å². The van der Waals surface area contributed by atoms with Crippen LogP contribution in [0.15, 0.2) is 18.2 Å². The second-order valence-corrected chi connectivity index (χ2v) is 6.34. The number of thiocarbonyl (C=S) groups is 1. The summed E-state index contributed by atoms with van der Waals surface area (Å²) in [5.74, 6) is -0.600. The molecular formula is C16H20F3N3O2S. The predicted molar refractivity (Wildman–Crippen MR) is 93.7 cm³/mol. The van der Waals surface area contributed by atoms with Gasteiger partial charge in [0.2, 0.25) is 5.91 Å². The summed E-state index contributed by atoms with van der Waals surface area (Å²) in [6, 6.07) is 3.44. The van der Waals surface area contributed by atoms with E-state index in [0.717, 1.165) is 12.1 Å². The Morgan fingerprint density at radius 3 is 2.48 bits per heavy atom. The van der Waals surface area contributed by atoms with Crippen molar-refractivity contribution in [2.45, 2.75) is 20.0 Å². The summed E-state index contributed by atoms with van der Waals surface area (Å²) in [5, 5.41) is 5.16. The lowest BCUT2D eigenvalue weighted by Gasteiger charge is -2.31. The van der Waals surface area contributed by atoms with Crippen LogP contribution in [0, 0.1) is 5.92 Å². The lowest BCUT2D eigenvalue weighted by molar-refractivity contribution is -0.137. The molecule has 2 rings (SSSR count). The Labute approximate surface area is 149 Å². The fourth-order valence-electron chi connectivity index (χ4n) is 2.30. The average molecular weight is 375 g/mol. The lowest BCUT2D eigenvalue weighted by Crippen LogP contribution is -2.39. The Balaban J connectivity index is 2.27. The third-order valence-electron chi connectivity index (χ3n) is 3.68. The van der Waals surface area contributed by atoms with Crippen molar-refractivity contribution in [2.24, 2.45) is 5.92 Å². The molecule has 2 N–H and O–H groups in total. The first-order chi connectivity index (χ1) is 11.7. The van der Waals surface area contributed by atoms with Gasteiger partial charge in [0, 0.05) is 19.0 Å². The van der Waals surface area contributed by atoms with Gasteiger partial charge in [0.1, 0.15) is 0 Å². The molecule has 0 spiro atoms. The van der Waals surface area contributed by atoms with Gasteiger partial charge in [-0.15, -0.1) is 0 Å². The Morgan fingerprint density at radius 2 is 1.92 bits per heavy atom. The Morgan fingerprint density at radius 1 is 1.28 bits per heavy atom. The predicted octanol–water partition coefficient (Wildman–Crippen LogP) is 3.01. The molecule has 1 aliphatic rings. The van der Waals surface area contributed by atoms with Gasteiger partial charge < -0.3 is 20.3 Å². The van der Waals surface area contributed by atoms with Gasteiger partial charge in [0.05, 0.1) is 30.2 Å². The number of rotatable bonds is 3. The molecular weight excluding hydrogens is 355 g/mol. The van der Waals surface area contributed by atoms with Crippen LogP contribution in [0.1, 0.15) is 19.4 Å². The molecule has 1 saturated heterocycles. The molecule has 1 aromatic rings. The summed E-state index contributed by atoms with van der Waals surface area (Å²) in [4.78, 5) is 13.6. The van der Waals surface area contributed by atoms with Crippen molar-refractivity contribution in [2.75, 3.05) is 36.5 Å². The van der Waals surface area contributed by atoms with Crippen LogP contribution in [-0.4, -0.2) is 37.3 Å². The number of anilines is 2. The molecule has 1 fully saturated rings. The minimum atomic E-state index is -4.47. The number of benzene rings is 1. The number of hydrogen-bond acceptors (Lipinski definition) is 4. The molecule has 5 nitrogen and oxygen atoms in total. The Bertz CT molecular complexity index is 644. The second-order valence-electron chi connectivity index (χ2n) is 5.93. The molecule has 0 atom stereocenters. The molecule has 0 bridgehead atoms. The quantitative estimate of drug-likeness (QED) is 0.796. The van der Waals surface area contributed by atoms with Crippen LogP contribution >= 0.6 is 12.2 Å². The molecule has 1 aromatic carbocycles. The normalized spacial score (nSPS) is 15.2. The maximum Gasteiger partial charge on any atom is 0.416 e. The number of nitrogens with zero attached hydrogens (tertiary/aromatic N) is 1. The van der Waals surface area contributed by atoms with Crippen LogP contribution in [0.3, 0.4) is 0 Å². The number of nitrogens with one attached hydrogen (secondary N) is 2. The lowest BCUT2D eigenvalue weighted by atomic mass is 10.1. The third kappa shape index (κ3) is 5.30. The Kier molecular flexibility index (Phi) is 6.23. The molecule has 1 aliphatic heterocycles. The molecule has 0 radical (unpaired) electrons. The number of hydrogen-bond donors (Lipinski definition) is 2. The number of morpholine rings is 1. The topological polar surface area (TPSA) is 53.6 Å². The van der Waals surface area contributed by atoms with Crippen molar-refractivity contribution < 1.29 is 22.7 Å². The number of alkyl halides is 3. The van der Waals surface area contributed by atoms with Gasteiger partial charge in [0.15, 0.2) is 5.11 Å². The highest BCUT2D eigenvalue weighted by Gasteiger charge is 2.31. The van der Waals surface area contributed by atoms with Crippen LogP contribution in [0.2, 0.25) is 0 Å². The van der Waals surface area contributed by atoms with E-state index in [9.17, 15) is 18.0 Å². The maximum atomic E-state index is 13.0. The first kappa shape index (κ1) is 19.5. The van der Waals surface area contributed by atoms with Crippen LogP contribution in [0.25, 0.3) is 0 Å². The van der Waals surface area contributed by atoms with E-state index in [1.54, 1.807) is 13.8 Å². The van der Waals surface area contributed by atoms with E-state index in [0.29, 0.717) is 32.0 Å². The average Bonchev–Trinajstić information content (AvgIpc) is 2.54. The Hall–Kier alpha value is -1.87. The van der Waals surface area contributed by atoms with Crippen molar-refractivity contribution >= 4 is 34.6 Å². The van der Waals surface area contributed by atoms with Crippen molar-refractivity contribution in [3.63, 3.8) is 0 Å². The first-order valence-electron chi connectivity index (χ1n) is 7.84. The van der Waals surface area contributed by atoms with Crippen LogP contribution in [0.4, 0.5) is 24.5 Å². The molecule has 1 amide bonds. The van der Waals surface area contributed by atoms with E-state index in [1.807, 2.05) is 4.90 Å². The fraction of sp³-hybridized carbons (Fsp3) is 0.500.